The van der Waals surface area contributed by atoms with Crippen LogP contribution in [0.2, 0.25) is 0 Å². The number of hydrogen-bond donors (Lipinski definition) is 3. The summed E-state index contributed by atoms with van der Waals surface area (Å²) < 4.78 is 39.4. The van der Waals surface area contributed by atoms with E-state index in [-0.39, 0.29) is 10.8 Å². The Morgan fingerprint density at radius 1 is 1.06 bits per heavy atom. The van der Waals surface area contributed by atoms with Crippen LogP contribution in [0.25, 0.3) is 10.2 Å². The second-order valence-corrected chi connectivity index (χ2v) is 9.77. The van der Waals surface area contributed by atoms with Gasteiger partial charge in [-0.25, -0.2) is 13.4 Å². The van der Waals surface area contributed by atoms with Crippen LogP contribution in [0.1, 0.15) is 13.8 Å². The van der Waals surface area contributed by atoms with Gasteiger partial charge in [0.1, 0.15) is 13.2 Å². The number of nitrogens with one attached hydrogen (secondary N) is 3. The minimum absolute atomic E-state index is 0.0307. The van der Waals surface area contributed by atoms with Crippen molar-refractivity contribution in [1.29, 1.82) is 0 Å². The summed E-state index contributed by atoms with van der Waals surface area (Å²) in [5, 5.41) is 5.53. The summed E-state index contributed by atoms with van der Waals surface area (Å²) in [5.41, 5.74) is 1.11. The maximum absolute atomic E-state index is 12.6. The Morgan fingerprint density at radius 3 is 2.38 bits per heavy atom. The van der Waals surface area contributed by atoms with Gasteiger partial charge in [-0.1, -0.05) is 11.3 Å². The zero-order valence-corrected chi connectivity index (χ0v) is 18.8. The molecule has 0 saturated carbocycles. The second-order valence-electron chi connectivity index (χ2n) is 7.02. The van der Waals surface area contributed by atoms with Crippen molar-refractivity contribution in [3.8, 4) is 11.5 Å². The van der Waals surface area contributed by atoms with Crippen LogP contribution in [0.3, 0.4) is 0 Å². The van der Waals surface area contributed by atoms with Crippen molar-refractivity contribution in [3.63, 3.8) is 0 Å². The molecular formula is C20H20N4O6S2. The van der Waals surface area contributed by atoms with Gasteiger partial charge in [0.15, 0.2) is 16.6 Å². The van der Waals surface area contributed by atoms with E-state index in [2.05, 4.69) is 20.3 Å². The number of benzene rings is 2. The number of fused-ring (bicyclic) bond motifs is 2. The number of nitrogens with zero attached hydrogens (tertiary/aromatic N) is 1. The third-order valence-corrected chi connectivity index (χ3v) is 6.98. The molecule has 12 heteroatoms. The van der Waals surface area contributed by atoms with E-state index in [1.165, 1.54) is 49.4 Å². The van der Waals surface area contributed by atoms with Gasteiger partial charge in [0, 0.05) is 24.7 Å². The molecule has 0 spiro atoms. The average molecular weight is 477 g/mol. The Morgan fingerprint density at radius 2 is 1.72 bits per heavy atom. The highest BCUT2D eigenvalue weighted by molar-refractivity contribution is 7.89. The lowest BCUT2D eigenvalue weighted by Gasteiger charge is -2.17. The molecular weight excluding hydrogens is 456 g/mol. The smallest absolute Gasteiger partial charge is 0.244 e. The number of anilines is 2. The Balaban J connectivity index is 1.43. The van der Waals surface area contributed by atoms with Crippen LogP contribution in [0.15, 0.2) is 41.3 Å². The topological polar surface area (TPSA) is 136 Å². The van der Waals surface area contributed by atoms with E-state index in [1.54, 1.807) is 12.1 Å². The van der Waals surface area contributed by atoms with E-state index in [1.807, 2.05) is 0 Å². The minimum Gasteiger partial charge on any atom is -0.486 e. The highest BCUT2D eigenvalue weighted by Crippen LogP contribution is 2.37. The first-order chi connectivity index (χ1) is 15.2. The molecule has 3 N–H and O–H groups in total. The van der Waals surface area contributed by atoms with Gasteiger partial charge in [-0.05, 0) is 31.2 Å². The lowest BCUT2D eigenvalue weighted by atomic mass is 10.3. The van der Waals surface area contributed by atoms with Crippen LogP contribution in [0.4, 0.5) is 10.8 Å². The first-order valence-electron chi connectivity index (χ1n) is 9.62. The molecule has 168 valence electrons. The molecule has 1 aromatic heterocycles. The first kappa shape index (κ1) is 22.0. The van der Waals surface area contributed by atoms with Crippen molar-refractivity contribution >= 4 is 54.2 Å². The highest BCUT2D eigenvalue weighted by Gasteiger charge is 2.23. The Hall–Kier alpha value is -3.22. The second kappa shape index (κ2) is 8.73. The normalized spacial score (nSPS) is 14.1. The summed E-state index contributed by atoms with van der Waals surface area (Å²) in [5.74, 6) is 0.396. The zero-order chi connectivity index (χ0) is 22.9. The fourth-order valence-electron chi connectivity index (χ4n) is 3.01. The summed E-state index contributed by atoms with van der Waals surface area (Å²) in [6.07, 6.45) is 0. The van der Waals surface area contributed by atoms with Gasteiger partial charge >= 0.3 is 0 Å². The Kier molecular flexibility index (Phi) is 6.00. The predicted octanol–water partition coefficient (Wildman–Crippen LogP) is 2.33. The number of carbonyl (C=O) groups is 2. The predicted molar refractivity (Wildman–Crippen MR) is 120 cm³/mol. The molecule has 0 bridgehead atoms. The number of rotatable bonds is 6. The average Bonchev–Trinajstić information content (AvgIpc) is 3.12. The number of ether oxygens (including phenoxy) is 2. The van der Waals surface area contributed by atoms with E-state index in [4.69, 9.17) is 9.47 Å². The Bertz CT molecular complexity index is 1240. The summed E-state index contributed by atoms with van der Waals surface area (Å²) >= 11 is 1.25. The molecule has 1 aliphatic rings. The van der Waals surface area contributed by atoms with Crippen LogP contribution in [0, 0.1) is 0 Å². The van der Waals surface area contributed by atoms with Gasteiger partial charge in [-0.3, -0.25) is 9.59 Å². The molecule has 3 aromatic rings. The van der Waals surface area contributed by atoms with Crippen LogP contribution in [0.5, 0.6) is 11.5 Å². The molecule has 0 saturated heterocycles. The molecule has 2 aromatic carbocycles. The van der Waals surface area contributed by atoms with Gasteiger partial charge in [-0.15, -0.1) is 0 Å². The van der Waals surface area contributed by atoms with Crippen molar-refractivity contribution in [2.45, 2.75) is 24.8 Å². The van der Waals surface area contributed by atoms with Crippen molar-refractivity contribution < 1.29 is 27.5 Å². The molecule has 32 heavy (non-hydrogen) atoms. The van der Waals surface area contributed by atoms with E-state index in [0.29, 0.717) is 41.0 Å². The first-order valence-corrected chi connectivity index (χ1v) is 11.9. The third kappa shape index (κ3) is 4.82. The van der Waals surface area contributed by atoms with Crippen LogP contribution >= 0.6 is 11.3 Å². The van der Waals surface area contributed by atoms with Gasteiger partial charge in [0.05, 0.1) is 21.2 Å². The van der Waals surface area contributed by atoms with E-state index in [9.17, 15) is 18.0 Å². The van der Waals surface area contributed by atoms with Crippen LogP contribution < -0.4 is 24.8 Å². The Labute approximate surface area is 188 Å². The quantitative estimate of drug-likeness (QED) is 0.497. The summed E-state index contributed by atoms with van der Waals surface area (Å²) in [6, 6.07) is 8.11. The molecule has 0 radical (unpaired) electrons. The maximum Gasteiger partial charge on any atom is 0.244 e. The van der Waals surface area contributed by atoms with Crippen molar-refractivity contribution in [1.82, 2.24) is 9.71 Å². The minimum atomic E-state index is -3.95. The van der Waals surface area contributed by atoms with Crippen molar-refractivity contribution in [3.05, 3.63) is 36.4 Å². The molecule has 2 heterocycles. The summed E-state index contributed by atoms with van der Waals surface area (Å²) in [6.45, 7) is 3.72. The molecule has 10 nitrogen and oxygen atoms in total. The molecule has 1 aliphatic heterocycles. The molecule has 0 fully saturated rings. The number of thiazole rings is 1. The van der Waals surface area contributed by atoms with Gasteiger partial charge in [0.2, 0.25) is 21.8 Å². The SMILES string of the molecule is CC(=O)Nc1ccc(S(=O)(=O)N[C@H](C)C(=O)Nc2nc3cc4c(cc3s2)OCCO4)cc1. The lowest BCUT2D eigenvalue weighted by Crippen LogP contribution is -2.41. The highest BCUT2D eigenvalue weighted by atomic mass is 32.2. The van der Waals surface area contributed by atoms with Crippen LogP contribution in [-0.2, 0) is 19.6 Å². The lowest BCUT2D eigenvalue weighted by molar-refractivity contribution is -0.117. The van der Waals surface area contributed by atoms with E-state index in [0.717, 1.165) is 4.70 Å². The van der Waals surface area contributed by atoms with E-state index < -0.39 is 22.0 Å². The molecule has 1 atom stereocenters. The van der Waals surface area contributed by atoms with Crippen molar-refractivity contribution in [2.75, 3.05) is 23.8 Å². The monoisotopic (exact) mass is 476 g/mol. The molecule has 2 amide bonds. The molecule has 0 unspecified atom stereocenters. The fourth-order valence-corrected chi connectivity index (χ4v) is 5.09. The van der Waals surface area contributed by atoms with Crippen molar-refractivity contribution in [2.24, 2.45) is 0 Å². The summed E-state index contributed by atoms with van der Waals surface area (Å²) in [7, 11) is -3.95. The summed E-state index contributed by atoms with van der Waals surface area (Å²) in [4.78, 5) is 28.0. The zero-order valence-electron chi connectivity index (χ0n) is 17.2. The number of hydrogen-bond acceptors (Lipinski definition) is 8. The third-order valence-electron chi connectivity index (χ3n) is 4.49. The van der Waals surface area contributed by atoms with Gasteiger partial charge in [0.25, 0.3) is 0 Å². The number of aromatic nitrogens is 1. The van der Waals surface area contributed by atoms with Crippen LogP contribution in [-0.4, -0.2) is 44.5 Å². The number of amides is 2. The number of sulfonamides is 1. The number of carbonyl (C=O) groups excluding carboxylic acids is 2. The maximum atomic E-state index is 12.6. The van der Waals surface area contributed by atoms with E-state index >= 15 is 0 Å². The van der Waals surface area contributed by atoms with Gasteiger partial charge < -0.3 is 20.1 Å². The standard InChI is InChI=1S/C20H20N4O6S2/c1-11(24-32(27,28)14-5-3-13(4-6-14)21-12(2)25)19(26)23-20-22-15-9-16-17(10-18(15)31-20)30-8-7-29-16/h3-6,9-11,24H,7-8H2,1-2H3,(H,21,25)(H,22,23,26)/t11-/m1/s1. The molecule has 4 rings (SSSR count). The molecule has 0 aliphatic carbocycles. The fraction of sp³-hybridized carbons (Fsp3) is 0.250. The largest absolute Gasteiger partial charge is 0.486 e. The van der Waals surface area contributed by atoms with Gasteiger partial charge in [-0.2, -0.15) is 4.72 Å².